The zero-order chi connectivity index (χ0) is 15.2. The molecule has 1 aromatic carbocycles. The third-order valence-electron chi connectivity index (χ3n) is 3.05. The Morgan fingerprint density at radius 2 is 2.05 bits per heavy atom. The predicted octanol–water partition coefficient (Wildman–Crippen LogP) is 2.32. The van der Waals surface area contributed by atoms with Crippen molar-refractivity contribution in [3.63, 3.8) is 0 Å². The van der Waals surface area contributed by atoms with Gasteiger partial charge < -0.3 is 14.9 Å². The number of carboxylic acids is 1. The average Bonchev–Trinajstić information content (AvgIpc) is 2.97. The molecule has 2 rings (SSSR count). The van der Waals surface area contributed by atoms with Crippen molar-refractivity contribution >= 4 is 11.9 Å². The van der Waals surface area contributed by atoms with E-state index in [2.05, 4.69) is 10.5 Å². The summed E-state index contributed by atoms with van der Waals surface area (Å²) in [6, 6.07) is 10.4. The van der Waals surface area contributed by atoms with Gasteiger partial charge in [-0.15, -0.1) is 0 Å². The molecule has 1 amide bonds. The van der Waals surface area contributed by atoms with Gasteiger partial charge in [0, 0.05) is 17.7 Å². The smallest absolute Gasteiger partial charge is 0.305 e. The Bertz CT molecular complexity index is 622. The van der Waals surface area contributed by atoms with Crippen LogP contribution in [0.5, 0.6) is 0 Å². The van der Waals surface area contributed by atoms with Crippen LogP contribution in [-0.2, 0) is 4.79 Å². The second-order valence-corrected chi connectivity index (χ2v) is 4.62. The van der Waals surface area contributed by atoms with Crippen molar-refractivity contribution in [1.82, 2.24) is 10.5 Å². The third-order valence-corrected chi connectivity index (χ3v) is 3.05. The SMILES string of the molecule is CCC(CC(=O)O)NC(=O)c1cc(-c2ccccc2)on1. The number of aliphatic carboxylic acids is 1. The summed E-state index contributed by atoms with van der Waals surface area (Å²) in [4.78, 5) is 22.7. The zero-order valence-corrected chi connectivity index (χ0v) is 11.6. The highest BCUT2D eigenvalue weighted by Crippen LogP contribution is 2.19. The Labute approximate surface area is 121 Å². The van der Waals surface area contributed by atoms with E-state index in [1.165, 1.54) is 6.07 Å². The highest BCUT2D eigenvalue weighted by molar-refractivity contribution is 5.93. The fourth-order valence-corrected chi connectivity index (χ4v) is 1.89. The molecule has 2 N–H and O–H groups in total. The van der Waals surface area contributed by atoms with Crippen molar-refractivity contribution in [1.29, 1.82) is 0 Å². The lowest BCUT2D eigenvalue weighted by Crippen LogP contribution is -2.36. The monoisotopic (exact) mass is 288 g/mol. The lowest BCUT2D eigenvalue weighted by molar-refractivity contribution is -0.137. The molecule has 2 aromatic rings. The van der Waals surface area contributed by atoms with Crippen molar-refractivity contribution in [3.8, 4) is 11.3 Å². The number of hydrogen-bond donors (Lipinski definition) is 2. The molecule has 6 nitrogen and oxygen atoms in total. The minimum atomic E-state index is -0.952. The number of aromatic nitrogens is 1. The number of carboxylic acid groups (broad SMARTS) is 1. The summed E-state index contributed by atoms with van der Waals surface area (Å²) in [7, 11) is 0. The van der Waals surface area contributed by atoms with E-state index in [0.29, 0.717) is 12.2 Å². The minimum absolute atomic E-state index is 0.119. The van der Waals surface area contributed by atoms with Crippen LogP contribution < -0.4 is 5.32 Å². The number of hydrogen-bond acceptors (Lipinski definition) is 4. The zero-order valence-electron chi connectivity index (χ0n) is 11.6. The highest BCUT2D eigenvalue weighted by Gasteiger charge is 2.18. The number of carbonyl (C=O) groups excluding carboxylic acids is 1. The Balaban J connectivity index is 2.07. The molecule has 1 atom stereocenters. The molecule has 0 aliphatic carbocycles. The molecule has 0 saturated carbocycles. The van der Waals surface area contributed by atoms with Crippen molar-refractivity contribution in [2.24, 2.45) is 0 Å². The maximum absolute atomic E-state index is 12.0. The van der Waals surface area contributed by atoms with Gasteiger partial charge in [0.2, 0.25) is 0 Å². The van der Waals surface area contributed by atoms with Gasteiger partial charge in [0.15, 0.2) is 11.5 Å². The van der Waals surface area contributed by atoms with E-state index in [-0.39, 0.29) is 12.1 Å². The van der Waals surface area contributed by atoms with Gasteiger partial charge in [-0.3, -0.25) is 9.59 Å². The van der Waals surface area contributed by atoms with Crippen LogP contribution in [0.25, 0.3) is 11.3 Å². The Morgan fingerprint density at radius 1 is 1.33 bits per heavy atom. The molecule has 6 heteroatoms. The molecule has 110 valence electrons. The second kappa shape index (κ2) is 6.69. The van der Waals surface area contributed by atoms with E-state index < -0.39 is 17.9 Å². The number of carbonyl (C=O) groups is 2. The van der Waals surface area contributed by atoms with Gasteiger partial charge in [-0.2, -0.15) is 0 Å². The van der Waals surface area contributed by atoms with E-state index in [9.17, 15) is 9.59 Å². The maximum atomic E-state index is 12.0. The topological polar surface area (TPSA) is 92.4 Å². The van der Waals surface area contributed by atoms with Crippen LogP contribution in [0.15, 0.2) is 40.9 Å². The molecule has 1 heterocycles. The van der Waals surface area contributed by atoms with Gasteiger partial charge in [0.1, 0.15) is 0 Å². The van der Waals surface area contributed by atoms with Crippen molar-refractivity contribution in [2.75, 3.05) is 0 Å². The van der Waals surface area contributed by atoms with E-state index >= 15 is 0 Å². The van der Waals surface area contributed by atoms with Crippen LogP contribution in [0.4, 0.5) is 0 Å². The van der Waals surface area contributed by atoms with Crippen LogP contribution in [0.2, 0.25) is 0 Å². The molecule has 0 aliphatic rings. The molecule has 21 heavy (non-hydrogen) atoms. The molecule has 0 fully saturated rings. The predicted molar refractivity (Wildman–Crippen MR) is 75.7 cm³/mol. The molecular weight excluding hydrogens is 272 g/mol. The molecular formula is C15H16N2O4. The van der Waals surface area contributed by atoms with Gasteiger partial charge in [-0.25, -0.2) is 0 Å². The standard InChI is InChI=1S/C15H16N2O4/c1-2-11(8-14(18)19)16-15(20)12-9-13(21-17-12)10-6-4-3-5-7-10/h3-7,9,11H,2,8H2,1H3,(H,16,20)(H,18,19). The summed E-state index contributed by atoms with van der Waals surface area (Å²) < 4.78 is 5.14. The summed E-state index contributed by atoms with van der Waals surface area (Å²) in [5.41, 5.74) is 0.958. The van der Waals surface area contributed by atoms with Gasteiger partial charge >= 0.3 is 5.97 Å². The number of amides is 1. The third kappa shape index (κ3) is 3.92. The minimum Gasteiger partial charge on any atom is -0.481 e. The molecule has 0 bridgehead atoms. The summed E-state index contributed by atoms with van der Waals surface area (Å²) in [6.45, 7) is 1.81. The number of nitrogens with zero attached hydrogens (tertiary/aromatic N) is 1. The average molecular weight is 288 g/mol. The van der Waals surface area contributed by atoms with Crippen LogP contribution in [0.1, 0.15) is 30.3 Å². The van der Waals surface area contributed by atoms with Crippen molar-refractivity contribution in [3.05, 3.63) is 42.1 Å². The van der Waals surface area contributed by atoms with Crippen LogP contribution >= 0.6 is 0 Å². The first-order valence-corrected chi connectivity index (χ1v) is 6.65. The molecule has 0 aliphatic heterocycles. The summed E-state index contributed by atoms with van der Waals surface area (Å²) in [6.07, 6.45) is 0.410. The van der Waals surface area contributed by atoms with Gasteiger partial charge in [-0.1, -0.05) is 42.4 Å². The first-order chi connectivity index (χ1) is 10.1. The molecule has 1 unspecified atom stereocenters. The second-order valence-electron chi connectivity index (χ2n) is 4.62. The van der Waals surface area contributed by atoms with Crippen LogP contribution in [0.3, 0.4) is 0 Å². The highest BCUT2D eigenvalue weighted by atomic mass is 16.5. The number of benzene rings is 1. The first kappa shape index (κ1) is 14.8. The fourth-order valence-electron chi connectivity index (χ4n) is 1.89. The van der Waals surface area contributed by atoms with Crippen molar-refractivity contribution in [2.45, 2.75) is 25.8 Å². The molecule has 0 saturated heterocycles. The largest absolute Gasteiger partial charge is 0.481 e. The summed E-state index contributed by atoms with van der Waals surface area (Å²) in [5.74, 6) is -0.895. The van der Waals surface area contributed by atoms with Crippen LogP contribution in [-0.4, -0.2) is 28.2 Å². The lowest BCUT2D eigenvalue weighted by Gasteiger charge is -2.13. The Kier molecular flexibility index (Phi) is 4.71. The quantitative estimate of drug-likeness (QED) is 0.851. The molecule has 1 aromatic heterocycles. The first-order valence-electron chi connectivity index (χ1n) is 6.65. The van der Waals surface area contributed by atoms with Gasteiger partial charge in [0.25, 0.3) is 5.91 Å². The number of nitrogens with one attached hydrogen (secondary N) is 1. The molecule has 0 spiro atoms. The Morgan fingerprint density at radius 3 is 2.67 bits per heavy atom. The van der Waals surface area contributed by atoms with E-state index in [4.69, 9.17) is 9.63 Å². The normalized spacial score (nSPS) is 11.9. The van der Waals surface area contributed by atoms with Gasteiger partial charge in [0.05, 0.1) is 6.42 Å². The Hall–Kier alpha value is -2.63. The fraction of sp³-hybridized carbons (Fsp3) is 0.267. The molecule has 0 radical (unpaired) electrons. The summed E-state index contributed by atoms with van der Waals surface area (Å²) in [5, 5.41) is 15.1. The van der Waals surface area contributed by atoms with Gasteiger partial charge in [-0.05, 0) is 6.42 Å². The van der Waals surface area contributed by atoms with E-state index in [1.807, 2.05) is 37.3 Å². The number of rotatable bonds is 6. The maximum Gasteiger partial charge on any atom is 0.305 e. The summed E-state index contributed by atoms with van der Waals surface area (Å²) >= 11 is 0. The van der Waals surface area contributed by atoms with Crippen molar-refractivity contribution < 1.29 is 19.2 Å². The van der Waals surface area contributed by atoms with Crippen LogP contribution in [0, 0.1) is 0 Å². The van der Waals surface area contributed by atoms with E-state index in [1.54, 1.807) is 0 Å². The van der Waals surface area contributed by atoms with E-state index in [0.717, 1.165) is 5.56 Å². The lowest BCUT2D eigenvalue weighted by atomic mass is 10.1.